The molecule has 2 rings (SSSR count). The molecule has 0 aromatic heterocycles. The first-order valence-corrected chi connectivity index (χ1v) is 6.31. The SMILES string of the molecule is O=C(O)C1CCCN(C(=O)Nc2c(F)cc(F)cc2F)C1. The Balaban J connectivity index is 2.10. The molecule has 2 N–H and O–H groups in total. The summed E-state index contributed by atoms with van der Waals surface area (Å²) < 4.78 is 39.6. The molecule has 1 fully saturated rings. The molecule has 0 bridgehead atoms. The average molecular weight is 302 g/mol. The van der Waals surface area contributed by atoms with E-state index in [1.54, 1.807) is 0 Å². The van der Waals surface area contributed by atoms with E-state index < -0.39 is 41.1 Å². The fourth-order valence-electron chi connectivity index (χ4n) is 2.21. The van der Waals surface area contributed by atoms with E-state index >= 15 is 0 Å². The number of likely N-dealkylation sites (tertiary alicyclic amines) is 1. The normalized spacial score (nSPS) is 18.4. The van der Waals surface area contributed by atoms with Crippen molar-refractivity contribution in [1.82, 2.24) is 4.90 Å². The van der Waals surface area contributed by atoms with E-state index in [4.69, 9.17) is 5.11 Å². The number of aliphatic carboxylic acids is 1. The maximum absolute atomic E-state index is 13.4. The van der Waals surface area contributed by atoms with Crippen molar-refractivity contribution < 1.29 is 27.9 Å². The molecule has 0 radical (unpaired) electrons. The van der Waals surface area contributed by atoms with Gasteiger partial charge in [0.2, 0.25) is 0 Å². The van der Waals surface area contributed by atoms with Crippen LogP contribution in [0.3, 0.4) is 0 Å². The number of nitrogens with zero attached hydrogens (tertiary/aromatic N) is 1. The van der Waals surface area contributed by atoms with Gasteiger partial charge >= 0.3 is 12.0 Å². The first-order valence-electron chi connectivity index (χ1n) is 6.31. The first-order chi connectivity index (χ1) is 9.88. The second-order valence-corrected chi connectivity index (χ2v) is 4.80. The van der Waals surface area contributed by atoms with E-state index in [1.165, 1.54) is 4.90 Å². The number of carboxylic acids is 1. The summed E-state index contributed by atoms with van der Waals surface area (Å²) in [4.78, 5) is 24.0. The van der Waals surface area contributed by atoms with Crippen molar-refractivity contribution in [2.24, 2.45) is 5.92 Å². The van der Waals surface area contributed by atoms with Crippen molar-refractivity contribution >= 4 is 17.7 Å². The zero-order chi connectivity index (χ0) is 15.6. The monoisotopic (exact) mass is 302 g/mol. The molecule has 0 aliphatic carbocycles. The summed E-state index contributed by atoms with van der Waals surface area (Å²) in [5, 5.41) is 10.9. The van der Waals surface area contributed by atoms with Gasteiger partial charge in [-0.3, -0.25) is 4.79 Å². The molecule has 1 aliphatic rings. The highest BCUT2D eigenvalue weighted by molar-refractivity contribution is 5.90. The number of piperidine rings is 1. The van der Waals surface area contributed by atoms with Gasteiger partial charge in [-0.15, -0.1) is 0 Å². The number of carboxylic acid groups (broad SMARTS) is 1. The maximum atomic E-state index is 13.4. The molecular weight excluding hydrogens is 289 g/mol. The molecular formula is C13H13F3N2O3. The van der Waals surface area contributed by atoms with Crippen LogP contribution in [0, 0.1) is 23.4 Å². The van der Waals surface area contributed by atoms with Gasteiger partial charge in [0.25, 0.3) is 0 Å². The lowest BCUT2D eigenvalue weighted by atomic mass is 9.99. The van der Waals surface area contributed by atoms with Crippen LogP contribution in [-0.4, -0.2) is 35.1 Å². The number of rotatable bonds is 2. The first kappa shape index (κ1) is 15.1. The predicted octanol–water partition coefficient (Wildman–Crippen LogP) is 2.43. The fraction of sp³-hybridized carbons (Fsp3) is 0.385. The van der Waals surface area contributed by atoms with Gasteiger partial charge in [-0.1, -0.05) is 0 Å². The van der Waals surface area contributed by atoms with Crippen molar-refractivity contribution in [1.29, 1.82) is 0 Å². The Bertz CT molecular complexity index is 557. The molecule has 2 amide bonds. The quantitative estimate of drug-likeness (QED) is 0.881. The average Bonchev–Trinajstić information content (AvgIpc) is 2.42. The molecule has 5 nitrogen and oxygen atoms in total. The molecule has 1 aliphatic heterocycles. The summed E-state index contributed by atoms with van der Waals surface area (Å²) in [6, 6.07) is 0.0922. The highest BCUT2D eigenvalue weighted by Crippen LogP contribution is 2.22. The fourth-order valence-corrected chi connectivity index (χ4v) is 2.21. The van der Waals surface area contributed by atoms with Crippen molar-refractivity contribution in [3.8, 4) is 0 Å². The molecule has 1 aromatic rings. The van der Waals surface area contributed by atoms with Crippen LogP contribution in [0.5, 0.6) is 0 Å². The predicted molar refractivity (Wildman–Crippen MR) is 67.3 cm³/mol. The van der Waals surface area contributed by atoms with Crippen LogP contribution in [0.15, 0.2) is 12.1 Å². The molecule has 21 heavy (non-hydrogen) atoms. The minimum absolute atomic E-state index is 0.0361. The van der Waals surface area contributed by atoms with Gasteiger partial charge < -0.3 is 15.3 Å². The number of halogens is 3. The maximum Gasteiger partial charge on any atom is 0.322 e. The van der Waals surface area contributed by atoms with Gasteiger partial charge in [-0.05, 0) is 12.8 Å². The summed E-state index contributed by atoms with van der Waals surface area (Å²) in [6.45, 7) is 0.256. The summed E-state index contributed by atoms with van der Waals surface area (Å²) in [7, 11) is 0. The Kier molecular flexibility index (Phi) is 4.35. The number of urea groups is 1. The van der Waals surface area contributed by atoms with Crippen molar-refractivity contribution in [2.45, 2.75) is 12.8 Å². The third-order valence-corrected chi connectivity index (χ3v) is 3.30. The molecule has 1 atom stereocenters. The molecule has 0 saturated carbocycles. The van der Waals surface area contributed by atoms with Crippen LogP contribution >= 0.6 is 0 Å². The molecule has 1 aromatic carbocycles. The lowest BCUT2D eigenvalue weighted by molar-refractivity contribution is -0.143. The molecule has 8 heteroatoms. The molecule has 1 saturated heterocycles. The van der Waals surface area contributed by atoms with Gasteiger partial charge in [0.05, 0.1) is 5.92 Å². The summed E-state index contributed by atoms with van der Waals surface area (Å²) in [6.07, 6.45) is 0.928. The van der Waals surface area contributed by atoms with Crippen molar-refractivity contribution in [3.05, 3.63) is 29.6 Å². The number of amides is 2. The lowest BCUT2D eigenvalue weighted by Crippen LogP contribution is -2.44. The van der Waals surface area contributed by atoms with Gasteiger partial charge in [0.15, 0.2) is 11.6 Å². The Labute approximate surface area is 118 Å². The highest BCUT2D eigenvalue weighted by atomic mass is 19.1. The van der Waals surface area contributed by atoms with Crippen molar-refractivity contribution in [3.63, 3.8) is 0 Å². The molecule has 0 spiro atoms. The highest BCUT2D eigenvalue weighted by Gasteiger charge is 2.29. The Morgan fingerprint density at radius 3 is 2.43 bits per heavy atom. The van der Waals surface area contributed by atoms with E-state index in [1.807, 2.05) is 5.32 Å². The number of carbonyl (C=O) groups is 2. The largest absolute Gasteiger partial charge is 0.481 e. The number of hydrogen-bond donors (Lipinski definition) is 2. The smallest absolute Gasteiger partial charge is 0.322 e. The molecule has 114 valence electrons. The van der Waals surface area contributed by atoms with Crippen LogP contribution < -0.4 is 5.32 Å². The van der Waals surface area contributed by atoms with E-state index in [-0.39, 0.29) is 6.54 Å². The zero-order valence-electron chi connectivity index (χ0n) is 10.9. The number of carbonyl (C=O) groups excluding carboxylic acids is 1. The van der Waals surface area contributed by atoms with E-state index in [2.05, 4.69) is 0 Å². The standard InChI is InChI=1S/C13H13F3N2O3/c14-8-4-9(15)11(10(16)5-8)17-13(21)18-3-1-2-7(6-18)12(19)20/h4-5,7H,1-3,6H2,(H,17,21)(H,19,20). The summed E-state index contributed by atoms with van der Waals surface area (Å²) in [5.74, 6) is -5.27. The molecule has 1 heterocycles. The van der Waals surface area contributed by atoms with Gasteiger partial charge in [0.1, 0.15) is 11.5 Å². The minimum atomic E-state index is -1.23. The lowest BCUT2D eigenvalue weighted by Gasteiger charge is -2.30. The van der Waals surface area contributed by atoms with Gasteiger partial charge in [-0.25, -0.2) is 18.0 Å². The Hall–Kier alpha value is -2.25. The van der Waals surface area contributed by atoms with E-state index in [0.29, 0.717) is 31.5 Å². The zero-order valence-corrected chi connectivity index (χ0v) is 10.9. The number of anilines is 1. The third kappa shape index (κ3) is 3.45. The molecule has 1 unspecified atom stereocenters. The van der Waals surface area contributed by atoms with Gasteiger partial charge in [-0.2, -0.15) is 0 Å². The van der Waals surface area contributed by atoms with E-state index in [0.717, 1.165) is 0 Å². The second kappa shape index (κ2) is 6.02. The topological polar surface area (TPSA) is 69.6 Å². The third-order valence-electron chi connectivity index (χ3n) is 3.30. The Morgan fingerprint density at radius 2 is 1.86 bits per heavy atom. The number of hydrogen-bond acceptors (Lipinski definition) is 2. The van der Waals surface area contributed by atoms with Crippen molar-refractivity contribution in [2.75, 3.05) is 18.4 Å². The van der Waals surface area contributed by atoms with Gasteiger partial charge in [0, 0.05) is 25.2 Å². The minimum Gasteiger partial charge on any atom is -0.481 e. The number of benzene rings is 1. The van der Waals surface area contributed by atoms with Crippen LogP contribution in [0.2, 0.25) is 0 Å². The van der Waals surface area contributed by atoms with Crippen LogP contribution in [0.1, 0.15) is 12.8 Å². The summed E-state index contributed by atoms with van der Waals surface area (Å²) >= 11 is 0. The van der Waals surface area contributed by atoms with Crippen LogP contribution in [-0.2, 0) is 4.79 Å². The second-order valence-electron chi connectivity index (χ2n) is 4.80. The van der Waals surface area contributed by atoms with Crippen LogP contribution in [0.25, 0.3) is 0 Å². The van der Waals surface area contributed by atoms with E-state index in [9.17, 15) is 22.8 Å². The summed E-state index contributed by atoms with van der Waals surface area (Å²) in [5.41, 5.74) is -0.751. The Morgan fingerprint density at radius 1 is 1.24 bits per heavy atom. The van der Waals surface area contributed by atoms with Crippen LogP contribution in [0.4, 0.5) is 23.7 Å². The number of nitrogens with one attached hydrogen (secondary N) is 1.